The molecule has 0 aromatic rings. The zero-order valence-electron chi connectivity index (χ0n) is 8.28. The van der Waals surface area contributed by atoms with Crippen LogP contribution in [-0.4, -0.2) is 55.0 Å². The van der Waals surface area contributed by atoms with Crippen molar-refractivity contribution in [3.63, 3.8) is 0 Å². The van der Waals surface area contributed by atoms with Gasteiger partial charge in [0, 0.05) is 0 Å². The van der Waals surface area contributed by atoms with Crippen LogP contribution in [0.5, 0.6) is 0 Å². The summed E-state index contributed by atoms with van der Waals surface area (Å²) in [6.45, 7) is 0. The first-order valence-electron chi connectivity index (χ1n) is 3.74. The maximum atomic E-state index is 11.3. The monoisotopic (exact) mass is 337 g/mol. The Morgan fingerprint density at radius 2 is 0.947 bits per heavy atom. The van der Waals surface area contributed by atoms with Crippen LogP contribution >= 0.6 is 0 Å². The van der Waals surface area contributed by atoms with Crippen molar-refractivity contribution in [1.82, 2.24) is 4.31 Å². The fraction of sp³-hybridized carbons (Fsp3) is 0. The highest BCUT2D eigenvalue weighted by atomic mass is 32.2. The van der Waals surface area contributed by atoms with Crippen LogP contribution in [0.3, 0.4) is 0 Å². The van der Waals surface area contributed by atoms with Gasteiger partial charge in [0.1, 0.15) is 0 Å². The van der Waals surface area contributed by atoms with Crippen molar-refractivity contribution in [2.75, 3.05) is 0 Å². The highest BCUT2D eigenvalue weighted by Crippen LogP contribution is 2.29. The van der Waals surface area contributed by atoms with Gasteiger partial charge in [-0.15, -0.1) is 4.31 Å². The number of carbonyl (C=O) groups excluding carboxylic acids is 2. The normalized spacial score (nSPS) is 18.4. The summed E-state index contributed by atoms with van der Waals surface area (Å²) in [6.07, 6.45) is 0. The van der Waals surface area contributed by atoms with Crippen molar-refractivity contribution in [3.8, 4) is 0 Å². The van der Waals surface area contributed by atoms with Gasteiger partial charge in [-0.3, -0.25) is 23.2 Å². The van der Waals surface area contributed by atoms with Crippen LogP contribution in [0, 0.1) is 0 Å². The summed E-state index contributed by atoms with van der Waals surface area (Å²) in [6, 6.07) is 0. The molecule has 0 fully saturated rings. The second kappa shape index (κ2) is 4.05. The van der Waals surface area contributed by atoms with E-state index < -0.39 is 56.5 Å². The molecule has 0 unspecified atom stereocenters. The molecule has 0 radical (unpaired) electrons. The van der Waals surface area contributed by atoms with Crippen molar-refractivity contribution in [2.24, 2.45) is 0 Å². The van der Waals surface area contributed by atoms with Gasteiger partial charge in [-0.05, 0) is 0 Å². The van der Waals surface area contributed by atoms with Gasteiger partial charge in [0.15, 0.2) is 9.81 Å². The van der Waals surface area contributed by atoms with Gasteiger partial charge in [0.2, 0.25) is 0 Å². The van der Waals surface area contributed by atoms with Gasteiger partial charge in [-0.1, -0.05) is 0 Å². The van der Waals surface area contributed by atoms with Crippen molar-refractivity contribution < 1.29 is 48.5 Å². The molecule has 3 N–H and O–H groups in total. The lowest BCUT2D eigenvalue weighted by molar-refractivity contribution is -0.131. The van der Waals surface area contributed by atoms with E-state index in [-0.39, 0.29) is 0 Å². The van der Waals surface area contributed by atoms with Gasteiger partial charge < -0.3 is 0 Å². The summed E-state index contributed by atoms with van der Waals surface area (Å²) in [4.78, 5) is 18.2. The summed E-state index contributed by atoms with van der Waals surface area (Å²) in [5, 5.41) is 0. The van der Waals surface area contributed by atoms with Crippen LogP contribution in [0.2, 0.25) is 0 Å². The predicted octanol–water partition coefficient (Wildman–Crippen LogP) is -2.85. The van der Waals surface area contributed by atoms with E-state index in [0.717, 1.165) is 0 Å². The first kappa shape index (κ1) is 15.7. The highest BCUT2D eigenvalue weighted by Gasteiger charge is 2.53. The molecule has 0 aromatic heterocycles. The van der Waals surface area contributed by atoms with Crippen molar-refractivity contribution in [1.29, 1.82) is 0 Å². The van der Waals surface area contributed by atoms with Crippen molar-refractivity contribution in [2.45, 2.75) is 0 Å². The maximum Gasteiger partial charge on any atom is 0.369 e. The molecule has 1 heterocycles. The molecule has 0 aromatic carbocycles. The fourth-order valence-corrected chi connectivity index (χ4v) is 3.75. The summed E-state index contributed by atoms with van der Waals surface area (Å²) in [7, 11) is -17.0. The van der Waals surface area contributed by atoms with E-state index in [1.165, 1.54) is 0 Å². The van der Waals surface area contributed by atoms with E-state index >= 15 is 0 Å². The van der Waals surface area contributed by atoms with E-state index in [1.54, 1.807) is 0 Å². The molecule has 1 aliphatic heterocycles. The number of hydrogen-bond acceptors (Lipinski definition) is 8. The molecular formula is C4H3NO11S3. The molecule has 1 aliphatic rings. The average Bonchev–Trinajstić information content (AvgIpc) is 2.33. The summed E-state index contributed by atoms with van der Waals surface area (Å²) < 4.78 is 88.9. The number of rotatable bonds is 3. The standard InChI is InChI=1S/C4H3NO11S3/c6-3-1(17(8,9)10)2(18(11,12)13)4(7)5(3)19(14,15)16/h(H,8,9,10)(H,11,12,13)(H,14,15,16). The Hall–Kier alpha value is -1.39. The Bertz CT molecular complexity index is 755. The van der Waals surface area contributed by atoms with Crippen LogP contribution in [-0.2, 0) is 40.1 Å². The minimum atomic E-state index is -5.66. The van der Waals surface area contributed by atoms with Gasteiger partial charge in [0.05, 0.1) is 0 Å². The number of hydrogen-bond donors (Lipinski definition) is 3. The largest absolute Gasteiger partial charge is 0.369 e. The van der Waals surface area contributed by atoms with Crippen molar-refractivity contribution in [3.05, 3.63) is 9.81 Å². The zero-order valence-corrected chi connectivity index (χ0v) is 10.7. The first-order valence-corrected chi connectivity index (χ1v) is 8.02. The minimum Gasteiger partial charge on any atom is -0.282 e. The highest BCUT2D eigenvalue weighted by molar-refractivity contribution is 7.96. The molecule has 2 amide bonds. The zero-order chi connectivity index (χ0) is 15.4. The fourth-order valence-electron chi connectivity index (χ4n) is 1.14. The molecule has 0 spiro atoms. The smallest absolute Gasteiger partial charge is 0.282 e. The van der Waals surface area contributed by atoms with E-state index in [9.17, 15) is 34.8 Å². The number of carbonyl (C=O) groups is 2. The predicted molar refractivity (Wildman–Crippen MR) is 53.5 cm³/mol. The van der Waals surface area contributed by atoms with E-state index in [0.29, 0.717) is 0 Å². The Kier molecular flexibility index (Phi) is 3.34. The lowest BCUT2D eigenvalue weighted by atomic mass is 10.5. The molecule has 12 nitrogen and oxygen atoms in total. The Morgan fingerprint density at radius 1 is 0.684 bits per heavy atom. The molecule has 1 rings (SSSR count). The van der Waals surface area contributed by atoms with Gasteiger partial charge in [-0.2, -0.15) is 25.3 Å². The third-order valence-electron chi connectivity index (χ3n) is 1.71. The lowest BCUT2D eigenvalue weighted by Crippen LogP contribution is -2.38. The van der Waals surface area contributed by atoms with Crippen LogP contribution in [0.15, 0.2) is 9.81 Å². The van der Waals surface area contributed by atoms with Crippen LogP contribution in [0.25, 0.3) is 0 Å². The molecular weight excluding hydrogens is 334 g/mol. The molecule has 0 saturated heterocycles. The quantitative estimate of drug-likeness (QED) is 0.353. The second-order valence-electron chi connectivity index (χ2n) is 2.96. The van der Waals surface area contributed by atoms with Gasteiger partial charge >= 0.3 is 30.5 Å². The first-order chi connectivity index (χ1) is 8.19. The third-order valence-corrected chi connectivity index (χ3v) is 4.42. The summed E-state index contributed by atoms with van der Waals surface area (Å²) in [5.74, 6) is -4.69. The molecule has 108 valence electrons. The molecule has 0 aliphatic carbocycles. The Balaban J connectivity index is 3.85. The van der Waals surface area contributed by atoms with Crippen molar-refractivity contribution >= 4 is 42.4 Å². The number of nitrogens with zero attached hydrogens (tertiary/aromatic N) is 1. The topological polar surface area (TPSA) is 200 Å². The summed E-state index contributed by atoms with van der Waals surface area (Å²) >= 11 is 0. The van der Waals surface area contributed by atoms with Gasteiger partial charge in [-0.25, -0.2) is 0 Å². The molecule has 0 atom stereocenters. The van der Waals surface area contributed by atoms with Crippen LogP contribution in [0.1, 0.15) is 0 Å². The summed E-state index contributed by atoms with van der Waals surface area (Å²) in [5.41, 5.74) is 0. The molecule has 15 heteroatoms. The molecule has 19 heavy (non-hydrogen) atoms. The van der Waals surface area contributed by atoms with Crippen LogP contribution < -0.4 is 0 Å². The number of amides is 2. The van der Waals surface area contributed by atoms with E-state index in [1.807, 2.05) is 0 Å². The molecule has 0 saturated carbocycles. The van der Waals surface area contributed by atoms with E-state index in [2.05, 4.69) is 0 Å². The Morgan fingerprint density at radius 3 is 1.11 bits per heavy atom. The SMILES string of the molecule is O=C1C(S(=O)(=O)O)=C(S(=O)(=O)O)C(=O)N1S(=O)(=O)O. The average molecular weight is 337 g/mol. The van der Waals surface area contributed by atoms with Gasteiger partial charge in [0.25, 0.3) is 11.8 Å². The van der Waals surface area contributed by atoms with E-state index in [4.69, 9.17) is 13.7 Å². The lowest BCUT2D eigenvalue weighted by Gasteiger charge is -2.08. The molecule has 0 bridgehead atoms. The maximum absolute atomic E-state index is 11.3. The number of imide groups is 1. The Labute approximate surface area is 105 Å². The second-order valence-corrected chi connectivity index (χ2v) is 6.94. The van der Waals surface area contributed by atoms with Crippen LogP contribution in [0.4, 0.5) is 0 Å². The third kappa shape index (κ3) is 2.65. The minimum absolute atomic E-state index is 1.14.